The number of alkyl halides is 3. The Hall–Kier alpha value is -1.14. The normalized spacial score (nSPS) is 13.9. The Bertz CT molecular complexity index is 381. The lowest BCUT2D eigenvalue weighted by atomic mass is 10.1. The number of aliphatic hydroxyl groups is 1. The molecule has 1 unspecified atom stereocenters. The number of benzene rings is 1. The fourth-order valence-corrected chi connectivity index (χ4v) is 1.63. The second-order valence-corrected chi connectivity index (χ2v) is 4.18. The Balaban J connectivity index is 2.47. The van der Waals surface area contributed by atoms with Gasteiger partial charge in [-0.15, -0.1) is 0 Å². The summed E-state index contributed by atoms with van der Waals surface area (Å²) in [5.74, 6) is -0.552. The molecule has 1 aromatic carbocycles. The van der Waals surface area contributed by atoms with Crippen LogP contribution in [0.5, 0.6) is 0 Å². The van der Waals surface area contributed by atoms with Crippen LogP contribution < -0.4 is 0 Å². The highest BCUT2D eigenvalue weighted by molar-refractivity contribution is 5.19. The smallest absolute Gasteiger partial charge is 0.388 e. The standard InChI is InChI=1S/C12H15F4NO/c1-17(8-12(14,15)16)7-6-11(18)9-4-2-3-5-10(9)13/h2-5,11,18H,6-8H2,1H3. The van der Waals surface area contributed by atoms with Crippen LogP contribution in [0.25, 0.3) is 0 Å². The van der Waals surface area contributed by atoms with Crippen molar-refractivity contribution in [1.29, 1.82) is 0 Å². The molecule has 6 heteroatoms. The molecule has 0 aliphatic heterocycles. The summed E-state index contributed by atoms with van der Waals surface area (Å²) < 4.78 is 49.4. The molecule has 1 rings (SSSR count). The van der Waals surface area contributed by atoms with Gasteiger partial charge in [-0.25, -0.2) is 4.39 Å². The van der Waals surface area contributed by atoms with Gasteiger partial charge in [0.25, 0.3) is 0 Å². The van der Waals surface area contributed by atoms with Gasteiger partial charge in [-0.3, -0.25) is 4.90 Å². The molecule has 18 heavy (non-hydrogen) atoms. The van der Waals surface area contributed by atoms with Crippen molar-refractivity contribution in [2.75, 3.05) is 20.1 Å². The van der Waals surface area contributed by atoms with E-state index in [0.29, 0.717) is 0 Å². The van der Waals surface area contributed by atoms with Crippen molar-refractivity contribution in [3.8, 4) is 0 Å². The molecule has 1 atom stereocenters. The zero-order valence-corrected chi connectivity index (χ0v) is 9.91. The van der Waals surface area contributed by atoms with Crippen LogP contribution >= 0.6 is 0 Å². The lowest BCUT2D eigenvalue weighted by Crippen LogP contribution is -2.32. The lowest BCUT2D eigenvalue weighted by molar-refractivity contribution is -0.143. The number of rotatable bonds is 5. The minimum atomic E-state index is -4.27. The molecule has 0 heterocycles. The second-order valence-electron chi connectivity index (χ2n) is 4.18. The SMILES string of the molecule is CN(CCC(O)c1ccccc1F)CC(F)(F)F. The molecular weight excluding hydrogens is 250 g/mol. The molecule has 0 aliphatic rings. The molecule has 2 nitrogen and oxygen atoms in total. The Morgan fingerprint density at radius 3 is 2.44 bits per heavy atom. The van der Waals surface area contributed by atoms with E-state index in [1.54, 1.807) is 6.07 Å². The maximum absolute atomic E-state index is 13.3. The third-order valence-electron chi connectivity index (χ3n) is 2.50. The van der Waals surface area contributed by atoms with Crippen LogP contribution in [0.3, 0.4) is 0 Å². The summed E-state index contributed by atoms with van der Waals surface area (Å²) in [6.07, 6.45) is -5.31. The first-order valence-electron chi connectivity index (χ1n) is 5.47. The summed E-state index contributed by atoms with van der Waals surface area (Å²) in [5.41, 5.74) is 0.109. The Morgan fingerprint density at radius 1 is 1.28 bits per heavy atom. The average molecular weight is 265 g/mol. The first kappa shape index (κ1) is 14.9. The van der Waals surface area contributed by atoms with Crippen molar-refractivity contribution >= 4 is 0 Å². The second kappa shape index (κ2) is 6.15. The van der Waals surface area contributed by atoms with Crippen LogP contribution in [0.1, 0.15) is 18.1 Å². The number of hydrogen-bond donors (Lipinski definition) is 1. The van der Waals surface area contributed by atoms with E-state index in [2.05, 4.69) is 0 Å². The first-order valence-corrected chi connectivity index (χ1v) is 5.47. The maximum atomic E-state index is 13.3. The third kappa shape index (κ3) is 5.01. The highest BCUT2D eigenvalue weighted by atomic mass is 19.4. The van der Waals surface area contributed by atoms with Gasteiger partial charge in [0, 0.05) is 12.1 Å². The molecule has 0 saturated carbocycles. The molecule has 0 saturated heterocycles. The maximum Gasteiger partial charge on any atom is 0.401 e. The molecule has 1 N–H and O–H groups in total. The first-order chi connectivity index (χ1) is 8.29. The third-order valence-corrected chi connectivity index (χ3v) is 2.50. The lowest BCUT2D eigenvalue weighted by Gasteiger charge is -2.20. The van der Waals surface area contributed by atoms with E-state index in [1.807, 2.05) is 0 Å². The van der Waals surface area contributed by atoms with Crippen molar-refractivity contribution in [2.45, 2.75) is 18.7 Å². The fraction of sp³-hybridized carbons (Fsp3) is 0.500. The molecule has 102 valence electrons. The molecule has 1 aromatic rings. The van der Waals surface area contributed by atoms with Gasteiger partial charge in [0.15, 0.2) is 0 Å². The number of halogens is 4. The van der Waals surface area contributed by atoms with Crippen molar-refractivity contribution < 1.29 is 22.7 Å². The summed E-state index contributed by atoms with van der Waals surface area (Å²) in [5, 5.41) is 9.70. The van der Waals surface area contributed by atoms with Crippen molar-refractivity contribution in [2.24, 2.45) is 0 Å². The van der Waals surface area contributed by atoms with Crippen molar-refractivity contribution in [3.05, 3.63) is 35.6 Å². The minimum absolute atomic E-state index is 0.0367. The van der Waals surface area contributed by atoms with E-state index >= 15 is 0 Å². The minimum Gasteiger partial charge on any atom is -0.388 e. The van der Waals surface area contributed by atoms with Crippen LogP contribution in [0.15, 0.2) is 24.3 Å². The van der Waals surface area contributed by atoms with E-state index in [4.69, 9.17) is 0 Å². The van der Waals surface area contributed by atoms with Crippen molar-refractivity contribution in [1.82, 2.24) is 4.90 Å². The van der Waals surface area contributed by atoms with Gasteiger partial charge < -0.3 is 5.11 Å². The summed E-state index contributed by atoms with van der Waals surface area (Å²) in [7, 11) is 1.31. The Labute approximate surface area is 103 Å². The predicted molar refractivity (Wildman–Crippen MR) is 59.5 cm³/mol. The molecule has 0 amide bonds. The summed E-state index contributed by atoms with van der Waals surface area (Å²) in [6.45, 7) is -1.01. The Morgan fingerprint density at radius 2 is 1.89 bits per heavy atom. The molecule has 0 bridgehead atoms. The van der Waals surface area contributed by atoms with Gasteiger partial charge in [0.2, 0.25) is 0 Å². The van der Waals surface area contributed by atoms with Crippen LogP contribution in [0, 0.1) is 5.82 Å². The largest absolute Gasteiger partial charge is 0.401 e. The van der Waals surface area contributed by atoms with E-state index in [-0.39, 0.29) is 18.5 Å². The van der Waals surface area contributed by atoms with Gasteiger partial charge in [-0.05, 0) is 19.5 Å². The number of aliphatic hydroxyl groups excluding tert-OH is 1. The Kier molecular flexibility index (Phi) is 5.10. The topological polar surface area (TPSA) is 23.5 Å². The van der Waals surface area contributed by atoms with Gasteiger partial charge in [-0.1, -0.05) is 18.2 Å². The summed E-state index contributed by atoms with van der Waals surface area (Å²) in [4.78, 5) is 1.05. The van der Waals surface area contributed by atoms with E-state index in [9.17, 15) is 22.7 Å². The van der Waals surface area contributed by atoms with Gasteiger partial charge in [0.05, 0.1) is 12.6 Å². The van der Waals surface area contributed by atoms with E-state index < -0.39 is 24.6 Å². The van der Waals surface area contributed by atoms with Crippen LogP contribution in [-0.4, -0.2) is 36.3 Å². The molecule has 0 spiro atoms. The highest BCUT2D eigenvalue weighted by Gasteiger charge is 2.29. The molecule has 0 radical (unpaired) electrons. The quantitative estimate of drug-likeness (QED) is 0.827. The van der Waals surface area contributed by atoms with Crippen LogP contribution in [0.4, 0.5) is 17.6 Å². The zero-order chi connectivity index (χ0) is 13.8. The fourth-order valence-electron chi connectivity index (χ4n) is 1.63. The number of hydrogen-bond acceptors (Lipinski definition) is 2. The summed E-state index contributed by atoms with van der Waals surface area (Å²) >= 11 is 0. The summed E-state index contributed by atoms with van der Waals surface area (Å²) in [6, 6.07) is 5.68. The molecule has 0 aliphatic carbocycles. The molecule has 0 aromatic heterocycles. The van der Waals surface area contributed by atoms with Crippen LogP contribution in [0.2, 0.25) is 0 Å². The van der Waals surface area contributed by atoms with Gasteiger partial charge in [0.1, 0.15) is 5.82 Å². The zero-order valence-electron chi connectivity index (χ0n) is 9.91. The van der Waals surface area contributed by atoms with Crippen molar-refractivity contribution in [3.63, 3.8) is 0 Å². The molecular formula is C12H15F4NO. The van der Waals surface area contributed by atoms with Gasteiger partial charge >= 0.3 is 6.18 Å². The predicted octanol–water partition coefficient (Wildman–Crippen LogP) is 2.74. The van der Waals surface area contributed by atoms with Crippen LogP contribution in [-0.2, 0) is 0 Å². The number of nitrogens with zero attached hydrogens (tertiary/aromatic N) is 1. The van der Waals surface area contributed by atoms with Gasteiger partial charge in [-0.2, -0.15) is 13.2 Å². The molecule has 0 fully saturated rings. The van der Waals surface area contributed by atoms with E-state index in [1.165, 1.54) is 25.2 Å². The highest BCUT2D eigenvalue weighted by Crippen LogP contribution is 2.21. The monoisotopic (exact) mass is 265 g/mol. The van der Waals surface area contributed by atoms with E-state index in [0.717, 1.165) is 4.90 Å². The average Bonchev–Trinajstić information content (AvgIpc) is 2.24.